The van der Waals surface area contributed by atoms with Gasteiger partial charge in [0.05, 0.1) is 22.8 Å². The first-order valence-corrected chi connectivity index (χ1v) is 11.0. The van der Waals surface area contributed by atoms with Gasteiger partial charge in [-0.1, -0.05) is 30.3 Å². The van der Waals surface area contributed by atoms with Gasteiger partial charge in [0.1, 0.15) is 12.4 Å². The van der Waals surface area contributed by atoms with E-state index in [2.05, 4.69) is 10.0 Å². The second kappa shape index (κ2) is 8.67. The van der Waals surface area contributed by atoms with Gasteiger partial charge in [0, 0.05) is 5.69 Å². The van der Waals surface area contributed by atoms with Crippen LogP contribution in [0.5, 0.6) is 5.75 Å². The summed E-state index contributed by atoms with van der Waals surface area (Å²) in [5.74, 6) is -1.28. The summed E-state index contributed by atoms with van der Waals surface area (Å²) in [6, 6.07) is 17.8. The topological polar surface area (TPSA) is 105 Å². The molecule has 0 radical (unpaired) electrons. The zero-order valence-electron chi connectivity index (χ0n) is 16.6. The minimum atomic E-state index is -4.08. The summed E-state index contributed by atoms with van der Waals surface area (Å²) in [6.45, 7) is -0.234. The van der Waals surface area contributed by atoms with Crippen LogP contribution < -0.4 is 19.7 Å². The molecule has 3 aromatic carbocycles. The fraction of sp³-hybridized carbons (Fsp3) is 0.0909. The highest BCUT2D eigenvalue weighted by molar-refractivity contribution is 7.92. The van der Waals surface area contributed by atoms with Crippen LogP contribution in [0.15, 0.2) is 77.7 Å². The number of amides is 1. The number of nitrogens with zero attached hydrogens (tertiary/aromatic N) is 1. The van der Waals surface area contributed by atoms with E-state index in [9.17, 15) is 22.4 Å². The van der Waals surface area contributed by atoms with Crippen molar-refractivity contribution in [1.82, 2.24) is 0 Å². The molecule has 3 aromatic rings. The number of sulfonamides is 1. The van der Waals surface area contributed by atoms with Gasteiger partial charge in [-0.05, 0) is 42.5 Å². The van der Waals surface area contributed by atoms with Gasteiger partial charge in [-0.2, -0.15) is 0 Å². The number of carbonyl (C=O) groups excluding carboxylic acids is 2. The Labute approximate surface area is 183 Å². The summed E-state index contributed by atoms with van der Waals surface area (Å²) in [6.07, 6.45) is 0. The maximum Gasteiger partial charge on any atom is 0.331 e. The molecule has 0 fully saturated rings. The van der Waals surface area contributed by atoms with Gasteiger partial charge < -0.3 is 15.0 Å². The van der Waals surface area contributed by atoms with E-state index in [1.807, 2.05) is 0 Å². The summed E-state index contributed by atoms with van der Waals surface area (Å²) in [5.41, 5.74) is 0.657. The quantitative estimate of drug-likeness (QED) is 0.437. The highest BCUT2D eigenvalue weighted by Crippen LogP contribution is 2.31. The molecular formula is C22H18FN3O5S. The summed E-state index contributed by atoms with van der Waals surface area (Å²) >= 11 is 0. The van der Waals surface area contributed by atoms with Crippen LogP contribution in [0.1, 0.15) is 0 Å². The summed E-state index contributed by atoms with van der Waals surface area (Å²) in [5, 5.41) is 2.62. The predicted molar refractivity (Wildman–Crippen MR) is 117 cm³/mol. The van der Waals surface area contributed by atoms with Crippen LogP contribution in [0, 0.1) is 5.82 Å². The van der Waals surface area contributed by atoms with Crippen molar-refractivity contribution in [2.45, 2.75) is 4.90 Å². The summed E-state index contributed by atoms with van der Waals surface area (Å²) < 4.78 is 46.4. The van der Waals surface area contributed by atoms with Crippen molar-refractivity contribution in [3.8, 4) is 5.75 Å². The fourth-order valence-corrected chi connectivity index (χ4v) is 4.32. The molecule has 2 N–H and O–H groups in total. The zero-order chi connectivity index (χ0) is 22.7. The van der Waals surface area contributed by atoms with Crippen LogP contribution in [0.2, 0.25) is 0 Å². The van der Waals surface area contributed by atoms with Crippen molar-refractivity contribution in [1.29, 1.82) is 0 Å². The van der Waals surface area contributed by atoms with Gasteiger partial charge in [0.2, 0.25) is 5.91 Å². The molecule has 0 unspecified atom stereocenters. The van der Waals surface area contributed by atoms with Gasteiger partial charge in [-0.3, -0.25) is 9.52 Å². The largest absolute Gasteiger partial charge is 0.423 e. The van der Waals surface area contributed by atoms with Gasteiger partial charge >= 0.3 is 5.97 Å². The number of para-hydroxylation sites is 3. The highest BCUT2D eigenvalue weighted by Gasteiger charge is 2.25. The monoisotopic (exact) mass is 455 g/mol. The number of fused-ring (bicyclic) bond motifs is 1. The number of anilines is 3. The molecule has 0 saturated heterocycles. The van der Waals surface area contributed by atoms with Crippen molar-refractivity contribution in [2.24, 2.45) is 0 Å². The van der Waals surface area contributed by atoms with Gasteiger partial charge in [0.15, 0.2) is 5.75 Å². The van der Waals surface area contributed by atoms with Crippen LogP contribution >= 0.6 is 0 Å². The lowest BCUT2D eigenvalue weighted by Gasteiger charge is -2.29. The number of halogens is 1. The molecule has 0 aromatic heterocycles. The highest BCUT2D eigenvalue weighted by atomic mass is 32.2. The standard InChI is InChI=1S/C22H18FN3O5S/c23-17-8-1-2-9-18(17)25-32(29,30)16-7-5-6-15(12-16)24-21(27)13-26-14-22(28)31-20-11-4-3-10-19(20)26/h1-12,25H,13-14H2,(H,24,27). The van der Waals surface area contributed by atoms with E-state index in [4.69, 9.17) is 4.74 Å². The van der Waals surface area contributed by atoms with E-state index in [1.54, 1.807) is 29.2 Å². The second-order valence-electron chi connectivity index (χ2n) is 6.96. The van der Waals surface area contributed by atoms with Gasteiger partial charge in [0.25, 0.3) is 10.0 Å². The van der Waals surface area contributed by atoms with Crippen molar-refractivity contribution in [3.05, 3.63) is 78.6 Å². The van der Waals surface area contributed by atoms with Crippen molar-refractivity contribution in [2.75, 3.05) is 28.0 Å². The molecule has 4 rings (SSSR count). The zero-order valence-corrected chi connectivity index (χ0v) is 17.4. The molecule has 0 saturated carbocycles. The third kappa shape index (κ3) is 4.70. The predicted octanol–water partition coefficient (Wildman–Crippen LogP) is 2.99. The molecule has 0 bridgehead atoms. The first-order valence-electron chi connectivity index (χ1n) is 9.54. The SMILES string of the molecule is O=C(CN1CC(=O)Oc2ccccc21)Nc1cccc(S(=O)(=O)Nc2ccccc2F)c1. The van der Waals surface area contributed by atoms with Gasteiger partial charge in [-0.25, -0.2) is 17.6 Å². The number of benzene rings is 3. The molecule has 0 aliphatic carbocycles. The Bertz CT molecular complexity index is 1300. The minimum Gasteiger partial charge on any atom is -0.423 e. The summed E-state index contributed by atoms with van der Waals surface area (Å²) in [7, 11) is -4.08. The minimum absolute atomic E-state index is 0.0919. The van der Waals surface area contributed by atoms with Crippen LogP contribution in [0.25, 0.3) is 0 Å². The number of esters is 1. The van der Waals surface area contributed by atoms with Crippen LogP contribution in [-0.2, 0) is 19.6 Å². The third-order valence-corrected chi connectivity index (χ3v) is 5.99. The van der Waals surface area contributed by atoms with Crippen LogP contribution in [0.3, 0.4) is 0 Å². The Kier molecular flexibility index (Phi) is 5.78. The lowest BCUT2D eigenvalue weighted by molar-refractivity contribution is -0.133. The normalized spacial score (nSPS) is 13.2. The first kappa shape index (κ1) is 21.3. The molecule has 10 heteroatoms. The number of ether oxygens (including phenoxy) is 1. The third-order valence-electron chi connectivity index (χ3n) is 4.63. The van der Waals surface area contributed by atoms with E-state index in [0.29, 0.717) is 11.4 Å². The van der Waals surface area contributed by atoms with Crippen LogP contribution in [-0.4, -0.2) is 33.4 Å². The molecule has 0 spiro atoms. The number of nitrogens with one attached hydrogen (secondary N) is 2. The smallest absolute Gasteiger partial charge is 0.331 e. The Hall–Kier alpha value is -3.92. The lowest BCUT2D eigenvalue weighted by atomic mass is 10.2. The maximum atomic E-state index is 13.8. The fourth-order valence-electron chi connectivity index (χ4n) is 3.20. The van der Waals surface area contributed by atoms with Crippen LogP contribution in [0.4, 0.5) is 21.5 Å². The van der Waals surface area contributed by atoms with Crippen molar-refractivity contribution >= 4 is 39.0 Å². The Morgan fingerprint density at radius 2 is 1.78 bits per heavy atom. The van der Waals surface area contributed by atoms with E-state index in [-0.39, 0.29) is 29.4 Å². The molecule has 1 amide bonds. The summed E-state index contributed by atoms with van der Waals surface area (Å²) in [4.78, 5) is 25.8. The van der Waals surface area contributed by atoms with Gasteiger partial charge in [-0.15, -0.1) is 0 Å². The van der Waals surface area contributed by atoms with Crippen molar-refractivity contribution in [3.63, 3.8) is 0 Å². The van der Waals surface area contributed by atoms with Crippen molar-refractivity contribution < 1.29 is 27.1 Å². The molecule has 1 heterocycles. The lowest BCUT2D eigenvalue weighted by Crippen LogP contribution is -2.41. The molecule has 1 aliphatic heterocycles. The Morgan fingerprint density at radius 1 is 1.03 bits per heavy atom. The number of carbonyl (C=O) groups is 2. The average molecular weight is 455 g/mol. The van der Waals surface area contributed by atoms with E-state index < -0.39 is 27.7 Å². The average Bonchev–Trinajstić information content (AvgIpc) is 2.75. The Morgan fingerprint density at radius 3 is 2.59 bits per heavy atom. The molecule has 32 heavy (non-hydrogen) atoms. The Balaban J connectivity index is 1.48. The van der Waals surface area contributed by atoms with E-state index >= 15 is 0 Å². The number of hydrogen-bond donors (Lipinski definition) is 2. The first-order chi connectivity index (χ1) is 15.3. The maximum absolute atomic E-state index is 13.8. The molecular weight excluding hydrogens is 437 g/mol. The molecule has 0 atom stereocenters. The number of rotatable bonds is 6. The molecule has 164 valence electrons. The van der Waals surface area contributed by atoms with E-state index in [1.165, 1.54) is 42.5 Å². The number of hydrogen-bond acceptors (Lipinski definition) is 6. The van der Waals surface area contributed by atoms with E-state index in [0.717, 1.165) is 6.07 Å². The molecule has 8 nitrogen and oxygen atoms in total. The molecule has 1 aliphatic rings. The second-order valence-corrected chi connectivity index (χ2v) is 8.64.